The van der Waals surface area contributed by atoms with Gasteiger partial charge in [-0.05, 0) is 58.2 Å². The number of hydrogen-bond acceptors (Lipinski definition) is 8. The van der Waals surface area contributed by atoms with Gasteiger partial charge < -0.3 is 20.1 Å². The van der Waals surface area contributed by atoms with Gasteiger partial charge in [-0.1, -0.05) is 0 Å². The van der Waals surface area contributed by atoms with Crippen LogP contribution in [0.25, 0.3) is 11.5 Å². The maximum atomic E-state index is 12.7. The van der Waals surface area contributed by atoms with E-state index in [1.807, 2.05) is 31.0 Å². The Morgan fingerprint density at radius 1 is 1.21 bits per heavy atom. The lowest BCUT2D eigenvalue weighted by Gasteiger charge is -2.21. The Hall–Kier alpha value is -3.59. The molecule has 1 amide bonds. The van der Waals surface area contributed by atoms with Crippen molar-refractivity contribution in [2.75, 3.05) is 30.4 Å². The molecule has 2 N–H and O–H groups in total. The molecule has 1 aliphatic carbocycles. The fourth-order valence-corrected chi connectivity index (χ4v) is 3.76. The molecule has 0 aromatic carbocycles. The molecule has 34 heavy (non-hydrogen) atoms. The predicted octanol–water partition coefficient (Wildman–Crippen LogP) is 2.96. The van der Waals surface area contributed by atoms with Gasteiger partial charge in [-0.2, -0.15) is 0 Å². The smallest absolute Gasteiger partial charge is 0.243 e. The lowest BCUT2D eigenvalue weighted by atomic mass is 10.2. The number of nitrogens with one attached hydrogen (secondary N) is 1. The topological polar surface area (TPSA) is 113 Å². The van der Waals surface area contributed by atoms with Crippen molar-refractivity contribution >= 4 is 17.4 Å². The van der Waals surface area contributed by atoms with Crippen molar-refractivity contribution in [2.45, 2.75) is 45.6 Å². The van der Waals surface area contributed by atoms with Gasteiger partial charge in [0, 0.05) is 36.3 Å². The molecular weight excluding hydrogens is 432 g/mol. The van der Waals surface area contributed by atoms with Crippen LogP contribution in [0.1, 0.15) is 37.2 Å². The highest BCUT2D eigenvalue weighted by Gasteiger charge is 2.24. The second-order valence-electron chi connectivity index (χ2n) is 9.22. The number of likely N-dealkylation sites (N-methyl/N-ethyl adjacent to an activating group) is 1. The molecule has 0 radical (unpaired) electrons. The van der Waals surface area contributed by atoms with Crippen molar-refractivity contribution < 1.29 is 14.6 Å². The van der Waals surface area contributed by atoms with Crippen LogP contribution in [0.2, 0.25) is 0 Å². The van der Waals surface area contributed by atoms with Crippen LogP contribution >= 0.6 is 0 Å². The first-order chi connectivity index (χ1) is 16.2. The zero-order valence-electron chi connectivity index (χ0n) is 20.0. The van der Waals surface area contributed by atoms with E-state index in [4.69, 9.17) is 14.7 Å². The first-order valence-corrected chi connectivity index (χ1v) is 11.3. The van der Waals surface area contributed by atoms with Crippen molar-refractivity contribution in [2.24, 2.45) is 0 Å². The zero-order chi connectivity index (χ0) is 24.3. The lowest BCUT2D eigenvalue weighted by molar-refractivity contribution is -0.114. The third kappa shape index (κ3) is 5.85. The molecule has 178 valence electrons. The fourth-order valence-electron chi connectivity index (χ4n) is 3.76. The Bertz CT molecular complexity index is 1170. The maximum Gasteiger partial charge on any atom is 0.243 e. The first-order valence-electron chi connectivity index (χ1n) is 11.3. The largest absolute Gasteiger partial charge is 0.490 e. The molecule has 0 saturated carbocycles. The third-order valence-corrected chi connectivity index (χ3v) is 5.40. The normalized spacial score (nSPS) is 12.9. The van der Waals surface area contributed by atoms with E-state index in [9.17, 15) is 9.90 Å². The van der Waals surface area contributed by atoms with E-state index in [0.717, 1.165) is 42.0 Å². The minimum Gasteiger partial charge on any atom is -0.490 e. The van der Waals surface area contributed by atoms with Crippen LogP contribution in [0.4, 0.5) is 11.5 Å². The van der Waals surface area contributed by atoms with Crippen LogP contribution in [-0.4, -0.2) is 56.7 Å². The summed E-state index contributed by atoms with van der Waals surface area (Å²) in [5.74, 6) is 1.65. The Balaban J connectivity index is 1.55. The van der Waals surface area contributed by atoms with E-state index in [2.05, 4.69) is 15.3 Å². The van der Waals surface area contributed by atoms with Crippen LogP contribution < -0.4 is 15.0 Å². The minimum atomic E-state index is -0.946. The van der Waals surface area contributed by atoms with E-state index >= 15 is 0 Å². The third-order valence-electron chi connectivity index (χ3n) is 5.40. The SMILES string of the molecule is Cc1ccc(NC(=O)CN(C)c2nc(-c3cc(OCC(C)(C)O)ccn3)nc3c2CCC3)cn1. The number of aromatic nitrogens is 4. The van der Waals surface area contributed by atoms with E-state index in [1.165, 1.54) is 0 Å². The molecular formula is C25H30N6O3. The average molecular weight is 463 g/mol. The number of rotatable bonds is 8. The molecule has 9 nitrogen and oxygen atoms in total. The molecule has 0 saturated heterocycles. The zero-order valence-corrected chi connectivity index (χ0v) is 20.0. The summed E-state index contributed by atoms with van der Waals surface area (Å²) in [5, 5.41) is 12.8. The van der Waals surface area contributed by atoms with Crippen molar-refractivity contribution in [1.82, 2.24) is 19.9 Å². The Morgan fingerprint density at radius 2 is 2.03 bits per heavy atom. The summed E-state index contributed by atoms with van der Waals surface area (Å²) >= 11 is 0. The van der Waals surface area contributed by atoms with Crippen LogP contribution in [0.3, 0.4) is 0 Å². The number of aryl methyl sites for hydroxylation is 2. The summed E-state index contributed by atoms with van der Waals surface area (Å²) in [7, 11) is 1.86. The Labute approximate surface area is 199 Å². The van der Waals surface area contributed by atoms with Gasteiger partial charge in [0.05, 0.1) is 24.0 Å². The molecule has 3 aromatic heterocycles. The summed E-state index contributed by atoms with van der Waals surface area (Å²) in [4.78, 5) is 32.7. The number of aliphatic hydroxyl groups is 1. The van der Waals surface area contributed by atoms with Gasteiger partial charge in [-0.25, -0.2) is 9.97 Å². The van der Waals surface area contributed by atoms with Gasteiger partial charge in [0.1, 0.15) is 23.9 Å². The highest BCUT2D eigenvalue weighted by molar-refractivity contribution is 5.93. The standard InChI is InChI=1S/C25H30N6O3/c1-16-8-9-17(13-27-16)28-22(32)14-31(4)24-19-6-5-7-20(19)29-23(30-24)21-12-18(10-11-26-21)34-15-25(2,3)33/h8-13,33H,5-7,14-15H2,1-4H3,(H,28,32). The van der Waals surface area contributed by atoms with Crippen molar-refractivity contribution in [3.8, 4) is 17.3 Å². The molecule has 1 aliphatic rings. The quantitative estimate of drug-likeness (QED) is 0.525. The summed E-state index contributed by atoms with van der Waals surface area (Å²) in [6.07, 6.45) is 6.02. The highest BCUT2D eigenvalue weighted by Crippen LogP contribution is 2.31. The van der Waals surface area contributed by atoms with Crippen molar-refractivity contribution in [3.63, 3.8) is 0 Å². The monoisotopic (exact) mass is 462 g/mol. The molecule has 0 bridgehead atoms. The van der Waals surface area contributed by atoms with Gasteiger partial charge in [-0.15, -0.1) is 0 Å². The van der Waals surface area contributed by atoms with E-state index < -0.39 is 5.60 Å². The highest BCUT2D eigenvalue weighted by atomic mass is 16.5. The minimum absolute atomic E-state index is 0.138. The number of anilines is 2. The lowest BCUT2D eigenvalue weighted by Crippen LogP contribution is -2.31. The van der Waals surface area contributed by atoms with Crippen LogP contribution in [0.15, 0.2) is 36.7 Å². The predicted molar refractivity (Wildman–Crippen MR) is 130 cm³/mol. The second kappa shape index (κ2) is 9.72. The first kappa shape index (κ1) is 23.6. The molecule has 3 heterocycles. The molecule has 9 heteroatoms. The summed E-state index contributed by atoms with van der Waals surface area (Å²) in [6, 6.07) is 7.19. The second-order valence-corrected chi connectivity index (χ2v) is 9.22. The number of carbonyl (C=O) groups excluding carboxylic acids is 1. The van der Waals surface area contributed by atoms with Crippen molar-refractivity contribution in [1.29, 1.82) is 0 Å². The molecule has 0 spiro atoms. The summed E-state index contributed by atoms with van der Waals surface area (Å²) in [5.41, 5.74) is 3.24. The number of hydrogen-bond donors (Lipinski definition) is 2. The average Bonchev–Trinajstić information content (AvgIpc) is 3.27. The molecule has 0 unspecified atom stereocenters. The number of fused-ring (bicyclic) bond motifs is 1. The maximum absolute atomic E-state index is 12.7. The van der Waals surface area contributed by atoms with Gasteiger partial charge in [-0.3, -0.25) is 14.8 Å². The van der Waals surface area contributed by atoms with Crippen LogP contribution in [0, 0.1) is 6.92 Å². The Morgan fingerprint density at radius 3 is 2.76 bits per heavy atom. The number of ether oxygens (including phenoxy) is 1. The van der Waals surface area contributed by atoms with E-state index in [-0.39, 0.29) is 19.1 Å². The van der Waals surface area contributed by atoms with Gasteiger partial charge >= 0.3 is 0 Å². The number of amides is 1. The summed E-state index contributed by atoms with van der Waals surface area (Å²) in [6.45, 7) is 5.56. The summed E-state index contributed by atoms with van der Waals surface area (Å²) < 4.78 is 5.71. The Kier molecular flexibility index (Phi) is 6.74. The number of pyridine rings is 2. The van der Waals surface area contributed by atoms with Crippen LogP contribution in [0.5, 0.6) is 5.75 Å². The van der Waals surface area contributed by atoms with Gasteiger partial charge in [0.15, 0.2) is 5.82 Å². The van der Waals surface area contributed by atoms with E-state index in [1.54, 1.807) is 38.4 Å². The molecule has 0 atom stereocenters. The fraction of sp³-hybridized carbons (Fsp3) is 0.400. The van der Waals surface area contributed by atoms with Gasteiger partial charge in [0.25, 0.3) is 0 Å². The molecule has 0 aliphatic heterocycles. The number of carbonyl (C=O) groups is 1. The van der Waals surface area contributed by atoms with E-state index in [0.29, 0.717) is 23.0 Å². The number of nitrogens with zero attached hydrogens (tertiary/aromatic N) is 5. The molecule has 3 aromatic rings. The van der Waals surface area contributed by atoms with Crippen LogP contribution in [-0.2, 0) is 17.6 Å². The molecule has 0 fully saturated rings. The molecule has 4 rings (SSSR count). The van der Waals surface area contributed by atoms with Crippen molar-refractivity contribution in [3.05, 3.63) is 53.6 Å². The van der Waals surface area contributed by atoms with Gasteiger partial charge in [0.2, 0.25) is 5.91 Å².